The van der Waals surface area contributed by atoms with Crippen LogP contribution < -0.4 is 10.0 Å². The van der Waals surface area contributed by atoms with E-state index in [1.807, 2.05) is 26.0 Å². The molecule has 5 nitrogen and oxygen atoms in total. The number of sulfonamides is 1. The highest BCUT2D eigenvalue weighted by atomic mass is 79.9. The molecule has 0 bridgehead atoms. The zero-order chi connectivity index (χ0) is 15.6. The van der Waals surface area contributed by atoms with Crippen LogP contribution in [-0.4, -0.2) is 20.4 Å². The molecule has 1 aromatic heterocycles. The third-order valence-corrected chi connectivity index (χ3v) is 4.80. The maximum Gasteiger partial charge on any atom is 0.265 e. The number of anilines is 2. The molecule has 0 aliphatic heterocycles. The smallest absolute Gasteiger partial charge is 0.265 e. The van der Waals surface area contributed by atoms with Gasteiger partial charge in [0.15, 0.2) is 0 Å². The van der Waals surface area contributed by atoms with Gasteiger partial charge >= 0.3 is 0 Å². The average Bonchev–Trinajstić information content (AvgIpc) is 2.42. The van der Waals surface area contributed by atoms with Crippen molar-refractivity contribution in [1.82, 2.24) is 4.98 Å². The van der Waals surface area contributed by atoms with E-state index in [0.717, 1.165) is 11.1 Å². The number of hydrogen-bond acceptors (Lipinski definition) is 4. The number of aromatic nitrogens is 1. The molecule has 0 spiro atoms. The molecule has 2 N–H and O–H groups in total. The van der Waals surface area contributed by atoms with Gasteiger partial charge in [0.05, 0.1) is 5.69 Å². The van der Waals surface area contributed by atoms with Crippen LogP contribution in [0.5, 0.6) is 0 Å². The molecular formula is C14H16BrN3O2S. The van der Waals surface area contributed by atoms with E-state index in [1.54, 1.807) is 19.3 Å². The minimum atomic E-state index is -3.72. The summed E-state index contributed by atoms with van der Waals surface area (Å²) in [5.41, 5.74) is 2.41. The lowest BCUT2D eigenvalue weighted by Crippen LogP contribution is -2.16. The van der Waals surface area contributed by atoms with Gasteiger partial charge in [0.2, 0.25) is 0 Å². The second-order valence-electron chi connectivity index (χ2n) is 4.67. The normalized spacial score (nSPS) is 11.2. The van der Waals surface area contributed by atoms with E-state index in [1.165, 1.54) is 6.07 Å². The zero-order valence-electron chi connectivity index (χ0n) is 11.9. The highest BCUT2D eigenvalue weighted by Crippen LogP contribution is 2.26. The maximum absolute atomic E-state index is 12.6. The minimum Gasteiger partial charge on any atom is -0.372 e. The van der Waals surface area contributed by atoms with Crippen molar-refractivity contribution < 1.29 is 8.42 Å². The standard InChI is InChI=1S/C14H16BrN3O2S/c1-9-4-5-10(2)12(6-9)18-21(19,20)13-7-11(15)8-17-14(13)16-3/h4-8,18H,1-3H3,(H,16,17). The molecule has 0 amide bonds. The van der Waals surface area contributed by atoms with Crippen LogP contribution in [0, 0.1) is 13.8 Å². The van der Waals surface area contributed by atoms with Crippen LogP contribution in [0.4, 0.5) is 11.5 Å². The number of halogens is 1. The SMILES string of the molecule is CNc1ncc(Br)cc1S(=O)(=O)Nc1cc(C)ccc1C. The van der Waals surface area contributed by atoms with E-state index in [2.05, 4.69) is 31.0 Å². The third kappa shape index (κ3) is 3.54. The Hall–Kier alpha value is -1.60. The highest BCUT2D eigenvalue weighted by molar-refractivity contribution is 9.10. The average molecular weight is 370 g/mol. The molecule has 2 rings (SSSR count). The first-order valence-corrected chi connectivity index (χ1v) is 8.54. The van der Waals surface area contributed by atoms with Gasteiger partial charge in [0.25, 0.3) is 10.0 Å². The van der Waals surface area contributed by atoms with Crippen LogP contribution in [0.1, 0.15) is 11.1 Å². The molecule has 0 atom stereocenters. The Morgan fingerprint density at radius 1 is 1.19 bits per heavy atom. The van der Waals surface area contributed by atoms with Crippen LogP contribution >= 0.6 is 15.9 Å². The molecular weight excluding hydrogens is 354 g/mol. The predicted molar refractivity (Wildman–Crippen MR) is 88.2 cm³/mol. The van der Waals surface area contributed by atoms with Gasteiger partial charge in [-0.3, -0.25) is 4.72 Å². The van der Waals surface area contributed by atoms with Crippen LogP contribution in [0.3, 0.4) is 0 Å². The lowest BCUT2D eigenvalue weighted by Gasteiger charge is -2.13. The summed E-state index contributed by atoms with van der Waals surface area (Å²) < 4.78 is 28.4. The molecule has 112 valence electrons. The second kappa shape index (κ2) is 6.03. The largest absolute Gasteiger partial charge is 0.372 e. The molecule has 0 saturated heterocycles. The molecule has 2 aromatic rings. The Balaban J connectivity index is 2.48. The minimum absolute atomic E-state index is 0.0975. The molecule has 0 saturated carbocycles. The van der Waals surface area contributed by atoms with Crippen molar-refractivity contribution in [2.75, 3.05) is 17.1 Å². The van der Waals surface area contributed by atoms with E-state index in [4.69, 9.17) is 0 Å². The van der Waals surface area contributed by atoms with E-state index >= 15 is 0 Å². The topological polar surface area (TPSA) is 71.1 Å². The van der Waals surface area contributed by atoms with Crippen LogP contribution in [-0.2, 0) is 10.0 Å². The van der Waals surface area contributed by atoms with E-state index in [0.29, 0.717) is 16.0 Å². The first-order valence-electron chi connectivity index (χ1n) is 6.27. The summed E-state index contributed by atoms with van der Waals surface area (Å²) in [6.45, 7) is 3.77. The summed E-state index contributed by atoms with van der Waals surface area (Å²) in [7, 11) is -2.09. The Kier molecular flexibility index (Phi) is 4.53. The Bertz CT molecular complexity index is 776. The van der Waals surface area contributed by atoms with Crippen molar-refractivity contribution in [1.29, 1.82) is 0 Å². The number of benzene rings is 1. The number of nitrogens with one attached hydrogen (secondary N) is 2. The number of pyridine rings is 1. The molecule has 0 aliphatic carbocycles. The zero-order valence-corrected chi connectivity index (χ0v) is 14.3. The first kappa shape index (κ1) is 15.8. The van der Waals surface area contributed by atoms with Crippen molar-refractivity contribution >= 4 is 37.5 Å². The summed E-state index contributed by atoms with van der Waals surface area (Å²) in [5.74, 6) is 0.302. The van der Waals surface area contributed by atoms with E-state index < -0.39 is 10.0 Å². The maximum atomic E-state index is 12.6. The van der Waals surface area contributed by atoms with Gasteiger partial charge in [-0.1, -0.05) is 12.1 Å². The fraction of sp³-hybridized carbons (Fsp3) is 0.214. The van der Waals surface area contributed by atoms with Crippen LogP contribution in [0.2, 0.25) is 0 Å². The van der Waals surface area contributed by atoms with Gasteiger partial charge in [-0.15, -0.1) is 0 Å². The van der Waals surface area contributed by atoms with Gasteiger partial charge in [0.1, 0.15) is 10.7 Å². The van der Waals surface area contributed by atoms with Crippen molar-refractivity contribution in [2.24, 2.45) is 0 Å². The first-order chi connectivity index (χ1) is 9.83. The Morgan fingerprint density at radius 2 is 1.90 bits per heavy atom. The fourth-order valence-corrected chi connectivity index (χ4v) is 3.65. The number of hydrogen-bond donors (Lipinski definition) is 2. The highest BCUT2D eigenvalue weighted by Gasteiger charge is 2.20. The van der Waals surface area contributed by atoms with E-state index in [9.17, 15) is 8.42 Å². The predicted octanol–water partition coefficient (Wildman–Crippen LogP) is 3.30. The summed E-state index contributed by atoms with van der Waals surface area (Å²) in [6, 6.07) is 7.14. The van der Waals surface area contributed by atoms with Gasteiger partial charge < -0.3 is 5.32 Å². The lowest BCUT2D eigenvalue weighted by atomic mass is 10.1. The summed E-state index contributed by atoms with van der Waals surface area (Å²) in [6.07, 6.45) is 1.54. The quantitative estimate of drug-likeness (QED) is 0.866. The third-order valence-electron chi connectivity index (χ3n) is 2.98. The summed E-state index contributed by atoms with van der Waals surface area (Å²) in [4.78, 5) is 4.16. The lowest BCUT2D eigenvalue weighted by molar-refractivity contribution is 0.601. The van der Waals surface area contributed by atoms with Gasteiger partial charge in [-0.25, -0.2) is 13.4 Å². The summed E-state index contributed by atoms with van der Waals surface area (Å²) in [5, 5.41) is 2.79. The van der Waals surface area contributed by atoms with E-state index in [-0.39, 0.29) is 4.90 Å². The molecule has 21 heavy (non-hydrogen) atoms. The summed E-state index contributed by atoms with van der Waals surface area (Å²) >= 11 is 3.25. The molecule has 0 aliphatic rings. The molecule has 0 unspecified atom stereocenters. The molecule has 7 heteroatoms. The fourth-order valence-electron chi connectivity index (χ4n) is 1.86. The van der Waals surface area contributed by atoms with Crippen molar-refractivity contribution in [3.05, 3.63) is 46.1 Å². The monoisotopic (exact) mass is 369 g/mol. The molecule has 1 heterocycles. The number of rotatable bonds is 4. The molecule has 1 aromatic carbocycles. The Labute approximate surface area is 133 Å². The Morgan fingerprint density at radius 3 is 2.57 bits per heavy atom. The van der Waals surface area contributed by atoms with Crippen molar-refractivity contribution in [3.8, 4) is 0 Å². The molecule has 0 radical (unpaired) electrons. The van der Waals surface area contributed by atoms with Crippen LogP contribution in [0.15, 0.2) is 39.8 Å². The second-order valence-corrected chi connectivity index (χ2v) is 7.24. The van der Waals surface area contributed by atoms with Crippen molar-refractivity contribution in [2.45, 2.75) is 18.7 Å². The molecule has 0 fully saturated rings. The van der Waals surface area contributed by atoms with Crippen LogP contribution in [0.25, 0.3) is 0 Å². The van der Waals surface area contributed by atoms with Gasteiger partial charge in [0, 0.05) is 17.7 Å². The number of aryl methyl sites for hydroxylation is 2. The van der Waals surface area contributed by atoms with Crippen molar-refractivity contribution in [3.63, 3.8) is 0 Å². The number of nitrogens with zero attached hydrogens (tertiary/aromatic N) is 1. The van der Waals surface area contributed by atoms with Gasteiger partial charge in [-0.05, 0) is 53.0 Å². The van der Waals surface area contributed by atoms with Gasteiger partial charge in [-0.2, -0.15) is 0 Å².